The Balaban J connectivity index is 1.42. The molecule has 0 bridgehead atoms. The highest BCUT2D eigenvalue weighted by atomic mass is 19.1. The van der Waals surface area contributed by atoms with Crippen molar-refractivity contribution in [1.82, 2.24) is 0 Å². The molecule has 0 spiro atoms. The summed E-state index contributed by atoms with van der Waals surface area (Å²) in [7, 11) is 0. The van der Waals surface area contributed by atoms with Gasteiger partial charge in [-0.15, -0.1) is 0 Å². The summed E-state index contributed by atoms with van der Waals surface area (Å²) in [6.45, 7) is 4.27. The number of fused-ring (bicyclic) bond motifs is 1. The van der Waals surface area contributed by atoms with Crippen molar-refractivity contribution in [3.8, 4) is 11.8 Å². The van der Waals surface area contributed by atoms with Gasteiger partial charge < -0.3 is 0 Å². The minimum absolute atomic E-state index is 0.135. The Morgan fingerprint density at radius 2 is 1.57 bits per heavy atom. The van der Waals surface area contributed by atoms with Gasteiger partial charge in [-0.2, -0.15) is 10.2 Å². The van der Waals surface area contributed by atoms with Crippen molar-refractivity contribution in [2.75, 3.05) is 0 Å². The first-order valence-electron chi connectivity index (χ1n) is 12.3. The first-order chi connectivity index (χ1) is 17.1. The van der Waals surface area contributed by atoms with E-state index >= 15 is 4.39 Å². The second-order valence-corrected chi connectivity index (χ2v) is 9.04. The lowest BCUT2D eigenvalue weighted by atomic mass is 9.81. The molecule has 4 heteroatoms. The highest BCUT2D eigenvalue weighted by molar-refractivity contribution is 5.82. The zero-order valence-corrected chi connectivity index (χ0v) is 20.3. The Kier molecular flexibility index (Phi) is 8.21. The topological polar surface area (TPSA) is 24.7 Å². The van der Waals surface area contributed by atoms with Gasteiger partial charge in [-0.3, -0.25) is 0 Å². The van der Waals surface area contributed by atoms with Gasteiger partial charge in [0.2, 0.25) is 0 Å². The van der Waals surface area contributed by atoms with E-state index in [1.165, 1.54) is 11.6 Å². The molecule has 4 rings (SSSR count). The third kappa shape index (κ3) is 6.31. The normalized spacial score (nSPS) is 15.3. The molecule has 1 unspecified atom stereocenters. The molecule has 1 aliphatic carbocycles. The molecule has 1 aliphatic rings. The van der Waals surface area contributed by atoms with E-state index in [1.807, 2.05) is 36.4 Å². The van der Waals surface area contributed by atoms with Crippen LogP contribution in [0.1, 0.15) is 72.1 Å². The molecule has 0 aliphatic heterocycles. The summed E-state index contributed by atoms with van der Waals surface area (Å²) in [4.78, 5) is 0. The first kappa shape index (κ1) is 24.5. The highest BCUT2D eigenvalue weighted by Gasteiger charge is 2.24. The van der Waals surface area contributed by atoms with Crippen LogP contribution < -0.4 is 0 Å². The van der Waals surface area contributed by atoms with Crippen LogP contribution in [0.3, 0.4) is 0 Å². The predicted molar refractivity (Wildman–Crippen MR) is 140 cm³/mol. The molecule has 178 valence electrons. The molecule has 0 heterocycles. The average molecular weight is 469 g/mol. The van der Waals surface area contributed by atoms with Crippen LogP contribution >= 0.6 is 0 Å². The lowest BCUT2D eigenvalue weighted by Gasteiger charge is -2.25. The van der Waals surface area contributed by atoms with Crippen LogP contribution in [0.4, 0.5) is 8.78 Å². The van der Waals surface area contributed by atoms with E-state index in [-0.39, 0.29) is 5.56 Å². The molecule has 0 saturated carbocycles. The van der Waals surface area contributed by atoms with Crippen molar-refractivity contribution >= 4 is 12.4 Å². The summed E-state index contributed by atoms with van der Waals surface area (Å²) >= 11 is 0. The fourth-order valence-electron chi connectivity index (χ4n) is 4.52. The molecule has 0 N–H and O–H groups in total. The summed E-state index contributed by atoms with van der Waals surface area (Å²) in [5.74, 6) is 5.08. The molecule has 0 fully saturated rings. The number of rotatable bonds is 6. The van der Waals surface area contributed by atoms with Crippen LogP contribution in [0.25, 0.3) is 0 Å². The Bertz CT molecular complexity index is 1280. The van der Waals surface area contributed by atoms with Crippen LogP contribution in [0.2, 0.25) is 0 Å². The van der Waals surface area contributed by atoms with E-state index in [9.17, 15) is 4.39 Å². The Hall–Kier alpha value is -3.58. The number of benzene rings is 3. The van der Waals surface area contributed by atoms with Gasteiger partial charge in [-0.05, 0) is 77.6 Å². The van der Waals surface area contributed by atoms with Crippen LogP contribution in [0.5, 0.6) is 0 Å². The zero-order valence-electron chi connectivity index (χ0n) is 20.3. The second-order valence-electron chi connectivity index (χ2n) is 9.04. The quantitative estimate of drug-likeness (QED) is 0.206. The van der Waals surface area contributed by atoms with Gasteiger partial charge in [0.15, 0.2) is 0 Å². The van der Waals surface area contributed by atoms with Gasteiger partial charge >= 0.3 is 0 Å². The van der Waals surface area contributed by atoms with Gasteiger partial charge in [0.25, 0.3) is 0 Å². The molecule has 2 nitrogen and oxygen atoms in total. The van der Waals surface area contributed by atoms with Crippen LogP contribution in [0, 0.1) is 29.4 Å². The van der Waals surface area contributed by atoms with Gasteiger partial charge in [-0.1, -0.05) is 74.9 Å². The molecule has 35 heavy (non-hydrogen) atoms. The molecule has 3 aromatic carbocycles. The Labute approximate surface area is 206 Å². The summed E-state index contributed by atoms with van der Waals surface area (Å²) in [6.07, 6.45) is 8.93. The van der Waals surface area contributed by atoms with Crippen molar-refractivity contribution in [1.29, 1.82) is 0 Å². The number of hydrogen-bond donors (Lipinski definition) is 0. The third-order valence-electron chi connectivity index (χ3n) is 6.53. The second kappa shape index (κ2) is 11.7. The summed E-state index contributed by atoms with van der Waals surface area (Å²) < 4.78 is 29.7. The molecule has 0 amide bonds. The van der Waals surface area contributed by atoms with Crippen molar-refractivity contribution < 1.29 is 8.78 Å². The smallest absolute Gasteiger partial charge is 0.145 e. The lowest BCUT2D eigenvalue weighted by molar-refractivity contribution is 0.411. The minimum Gasteiger partial charge on any atom is -0.206 e. The molecule has 0 radical (unpaired) electrons. The predicted octanol–water partition coefficient (Wildman–Crippen LogP) is 7.29. The highest BCUT2D eigenvalue weighted by Crippen LogP contribution is 2.32. The molecular formula is C31H30F2N2. The average Bonchev–Trinajstić information content (AvgIpc) is 2.87. The maximum Gasteiger partial charge on any atom is 0.145 e. The van der Waals surface area contributed by atoms with Crippen molar-refractivity contribution in [3.63, 3.8) is 0 Å². The largest absolute Gasteiger partial charge is 0.206 e. The van der Waals surface area contributed by atoms with Gasteiger partial charge in [0.1, 0.15) is 11.6 Å². The first-order valence-corrected chi connectivity index (χ1v) is 12.3. The summed E-state index contributed by atoms with van der Waals surface area (Å²) in [5.41, 5.74) is 5.13. The molecule has 3 aromatic rings. The standard InChI is InChI=1S/C31H30F2N2/c1-3-5-24-15-16-28-27(18-24)19-30(32)29(31(28)33)17-14-23-8-12-26(13-9-23)21-35-34-20-25-10-6-22(4-2)7-11-25/h6-13,19-21,24H,3-5,15-16,18H2,1-2H3/b34-20+,35-21+. The van der Waals surface area contributed by atoms with Gasteiger partial charge in [-0.25, -0.2) is 8.78 Å². The van der Waals surface area contributed by atoms with E-state index in [0.717, 1.165) is 48.8 Å². The lowest BCUT2D eigenvalue weighted by Crippen LogP contribution is -2.17. The van der Waals surface area contributed by atoms with E-state index in [2.05, 4.69) is 48.0 Å². The van der Waals surface area contributed by atoms with E-state index in [1.54, 1.807) is 12.4 Å². The van der Waals surface area contributed by atoms with E-state index in [0.29, 0.717) is 23.5 Å². The van der Waals surface area contributed by atoms with E-state index in [4.69, 9.17) is 0 Å². The number of hydrogen-bond acceptors (Lipinski definition) is 2. The third-order valence-corrected chi connectivity index (χ3v) is 6.53. The van der Waals surface area contributed by atoms with Crippen molar-refractivity contribution in [3.05, 3.63) is 105 Å². The fraction of sp³-hybridized carbons (Fsp3) is 0.290. The number of aryl methyl sites for hydroxylation is 1. The Morgan fingerprint density at radius 3 is 2.20 bits per heavy atom. The molecule has 0 aromatic heterocycles. The maximum absolute atomic E-state index is 15.1. The van der Waals surface area contributed by atoms with Crippen LogP contribution in [-0.2, 0) is 19.3 Å². The summed E-state index contributed by atoms with van der Waals surface area (Å²) in [5, 5.41) is 8.19. The zero-order chi connectivity index (χ0) is 24.6. The van der Waals surface area contributed by atoms with Crippen LogP contribution in [0.15, 0.2) is 64.8 Å². The summed E-state index contributed by atoms with van der Waals surface area (Å²) in [6, 6.07) is 17.0. The fourth-order valence-corrected chi connectivity index (χ4v) is 4.52. The minimum atomic E-state index is -0.572. The van der Waals surface area contributed by atoms with Crippen LogP contribution in [-0.4, -0.2) is 12.4 Å². The van der Waals surface area contributed by atoms with Gasteiger partial charge in [0.05, 0.1) is 18.0 Å². The molecular weight excluding hydrogens is 438 g/mol. The van der Waals surface area contributed by atoms with Crippen molar-refractivity contribution in [2.45, 2.75) is 52.4 Å². The SMILES string of the molecule is CCCC1CCc2c(cc(F)c(C#Cc3ccc(/C=N/N=C/c4ccc(CC)cc4)cc3)c2F)C1. The molecule has 1 atom stereocenters. The maximum atomic E-state index is 15.1. The number of halogens is 2. The van der Waals surface area contributed by atoms with E-state index < -0.39 is 11.6 Å². The Morgan fingerprint density at radius 1 is 0.914 bits per heavy atom. The molecule has 0 saturated heterocycles. The number of nitrogens with zero attached hydrogens (tertiary/aromatic N) is 2. The monoisotopic (exact) mass is 468 g/mol. The van der Waals surface area contributed by atoms with Gasteiger partial charge in [0, 0.05) is 5.56 Å². The van der Waals surface area contributed by atoms with Crippen molar-refractivity contribution in [2.24, 2.45) is 16.1 Å².